The number of ether oxygens (including phenoxy) is 3. The minimum absolute atomic E-state index is 0.473. The van der Waals surface area contributed by atoms with Gasteiger partial charge in [0.1, 0.15) is 25.8 Å². The first-order valence-electron chi connectivity index (χ1n) is 13.2. The summed E-state index contributed by atoms with van der Waals surface area (Å²) in [4.78, 5) is 0. The Morgan fingerprint density at radius 2 is 0.846 bits per heavy atom. The van der Waals surface area contributed by atoms with Crippen molar-refractivity contribution in [1.82, 2.24) is 0 Å². The molecule has 0 amide bonds. The third-order valence-electron chi connectivity index (χ3n) is 6.53. The van der Waals surface area contributed by atoms with Crippen LogP contribution in [0.25, 0.3) is 0 Å². The maximum atomic E-state index is 13.6. The predicted octanol–water partition coefficient (Wildman–Crippen LogP) is 5.83. The highest BCUT2D eigenvalue weighted by Crippen LogP contribution is 2.42. The van der Waals surface area contributed by atoms with E-state index in [0.717, 1.165) is 21.2 Å². The minimum Gasteiger partial charge on any atom is -0.493 e. The Balaban J connectivity index is 1.19. The molecule has 0 radical (unpaired) electrons. The zero-order chi connectivity index (χ0) is 27.6. The van der Waals surface area contributed by atoms with Crippen LogP contribution in [0.15, 0.2) is 109 Å². The van der Waals surface area contributed by atoms with Crippen molar-refractivity contribution in [1.29, 1.82) is 0 Å². The van der Waals surface area contributed by atoms with Gasteiger partial charge in [0.15, 0.2) is 0 Å². The third kappa shape index (κ3) is 7.51. The Hall–Kier alpha value is -3.10. The van der Waals surface area contributed by atoms with Gasteiger partial charge in [-0.2, -0.15) is 0 Å². The van der Waals surface area contributed by atoms with Gasteiger partial charge >= 0.3 is 0 Å². The summed E-state index contributed by atoms with van der Waals surface area (Å²) < 4.78 is 45.0. The molecule has 0 saturated heterocycles. The van der Waals surface area contributed by atoms with Crippen LogP contribution in [0.4, 0.5) is 0 Å². The lowest BCUT2D eigenvalue weighted by molar-refractivity contribution is 0.107. The molecule has 0 aliphatic carbocycles. The smallest absolute Gasteiger partial charge is 0.143 e. The molecule has 204 valence electrons. The summed E-state index contributed by atoms with van der Waals surface area (Å²) >= 11 is 0. The number of para-hydroxylation sites is 2. The molecule has 5 nitrogen and oxygen atoms in total. The molecule has 0 unspecified atom stereocenters. The largest absolute Gasteiger partial charge is 0.493 e. The Bertz CT molecular complexity index is 1310. The van der Waals surface area contributed by atoms with Crippen molar-refractivity contribution >= 4 is 35.5 Å². The molecule has 0 N–H and O–H groups in total. The second-order valence-electron chi connectivity index (χ2n) is 9.47. The molecule has 4 rings (SSSR count). The van der Waals surface area contributed by atoms with E-state index in [1.165, 1.54) is 0 Å². The van der Waals surface area contributed by atoms with E-state index in [9.17, 15) is 9.13 Å². The molecule has 0 aliphatic rings. The van der Waals surface area contributed by atoms with Crippen LogP contribution in [0, 0.1) is 0 Å². The van der Waals surface area contributed by atoms with E-state index in [2.05, 4.69) is 0 Å². The van der Waals surface area contributed by atoms with E-state index in [-0.39, 0.29) is 0 Å². The van der Waals surface area contributed by atoms with Gasteiger partial charge in [0.2, 0.25) is 0 Å². The maximum Gasteiger partial charge on any atom is 0.143 e. The summed E-state index contributed by atoms with van der Waals surface area (Å²) in [6, 6.07) is 34.2. The molecule has 0 aliphatic heterocycles. The monoisotopic (exact) mass is 562 g/mol. The van der Waals surface area contributed by atoms with Gasteiger partial charge in [-0.1, -0.05) is 84.9 Å². The van der Waals surface area contributed by atoms with Crippen LogP contribution in [0.1, 0.15) is 12.8 Å². The molecule has 7 heteroatoms. The number of hydrogen-bond donors (Lipinski definition) is 0. The fourth-order valence-corrected chi connectivity index (χ4v) is 8.25. The Kier molecular flexibility index (Phi) is 10.2. The zero-order valence-electron chi connectivity index (χ0n) is 22.6. The SMILES string of the molecule is C[P@](=O)(c1ccccc1)c1ccccc1OCCCOCCCOc1ccccc1[P@@](C)(=O)c1ccccc1. The van der Waals surface area contributed by atoms with Crippen LogP contribution in [0.5, 0.6) is 11.5 Å². The van der Waals surface area contributed by atoms with Crippen LogP contribution in [-0.4, -0.2) is 39.8 Å². The van der Waals surface area contributed by atoms with Crippen LogP contribution >= 0.6 is 14.3 Å². The average Bonchev–Trinajstić information content (AvgIpc) is 2.97. The summed E-state index contributed by atoms with van der Waals surface area (Å²) in [7, 11) is -5.51. The van der Waals surface area contributed by atoms with Crippen LogP contribution in [0.3, 0.4) is 0 Å². The van der Waals surface area contributed by atoms with Crippen molar-refractivity contribution in [2.24, 2.45) is 0 Å². The van der Waals surface area contributed by atoms with Crippen LogP contribution in [0.2, 0.25) is 0 Å². The third-order valence-corrected chi connectivity index (χ3v) is 11.7. The highest BCUT2D eigenvalue weighted by molar-refractivity contribution is 7.78. The summed E-state index contributed by atoms with van der Waals surface area (Å²) in [5.74, 6) is 1.31. The molecule has 2 atom stereocenters. The summed E-state index contributed by atoms with van der Waals surface area (Å²) in [5, 5.41) is 3.10. The number of rotatable bonds is 14. The number of hydrogen-bond acceptors (Lipinski definition) is 5. The van der Waals surface area contributed by atoms with Gasteiger partial charge in [0.05, 0.1) is 23.8 Å². The van der Waals surface area contributed by atoms with Crippen LogP contribution in [-0.2, 0) is 13.9 Å². The van der Waals surface area contributed by atoms with Crippen molar-refractivity contribution < 1.29 is 23.3 Å². The molecule has 39 heavy (non-hydrogen) atoms. The van der Waals surface area contributed by atoms with E-state index in [1.807, 2.05) is 109 Å². The lowest BCUT2D eigenvalue weighted by Crippen LogP contribution is -2.18. The van der Waals surface area contributed by atoms with Gasteiger partial charge in [0, 0.05) is 36.7 Å². The van der Waals surface area contributed by atoms with E-state index in [1.54, 1.807) is 13.3 Å². The van der Waals surface area contributed by atoms with Crippen LogP contribution < -0.4 is 30.7 Å². The summed E-state index contributed by atoms with van der Waals surface area (Å²) in [5.41, 5.74) is 0. The zero-order valence-corrected chi connectivity index (χ0v) is 24.4. The molecule has 0 aromatic heterocycles. The Morgan fingerprint density at radius 1 is 0.487 bits per heavy atom. The molecular weight excluding hydrogens is 526 g/mol. The Labute approximate surface area is 231 Å². The first-order valence-corrected chi connectivity index (χ1v) is 17.5. The van der Waals surface area contributed by atoms with Crippen molar-refractivity contribution in [3.63, 3.8) is 0 Å². The standard InChI is InChI=1S/C32H36O5P2/c1-38(33,27-15-5-3-6-16-27)31-21-11-9-19-29(31)36-25-13-23-35-24-14-26-37-30-20-10-12-22-32(30)39(2,34)28-17-7-4-8-18-28/h3-12,15-22H,13-14,23-26H2,1-2H3/t38-,39-/m0/s1. The first kappa shape index (κ1) is 28.9. The minimum atomic E-state index is -2.75. The van der Waals surface area contributed by atoms with Gasteiger partial charge in [-0.25, -0.2) is 0 Å². The molecule has 0 spiro atoms. The molecule has 0 bridgehead atoms. The fraction of sp³-hybridized carbons (Fsp3) is 0.250. The van der Waals surface area contributed by atoms with Gasteiger partial charge in [0.25, 0.3) is 0 Å². The first-order chi connectivity index (χ1) is 18.9. The number of benzene rings is 4. The quantitative estimate of drug-likeness (QED) is 0.143. The topological polar surface area (TPSA) is 61.8 Å². The molecule has 4 aromatic rings. The van der Waals surface area contributed by atoms with Crippen molar-refractivity contribution in [2.75, 3.05) is 39.8 Å². The van der Waals surface area contributed by atoms with E-state index in [0.29, 0.717) is 50.8 Å². The maximum absolute atomic E-state index is 13.6. The van der Waals surface area contributed by atoms with E-state index in [4.69, 9.17) is 14.2 Å². The second-order valence-corrected chi connectivity index (χ2v) is 15.2. The molecule has 4 aromatic carbocycles. The fourth-order valence-electron chi connectivity index (χ4n) is 4.35. The average molecular weight is 563 g/mol. The predicted molar refractivity (Wildman–Crippen MR) is 162 cm³/mol. The van der Waals surface area contributed by atoms with Gasteiger partial charge in [-0.15, -0.1) is 0 Å². The second kappa shape index (κ2) is 13.8. The molecule has 0 heterocycles. The highest BCUT2D eigenvalue weighted by Gasteiger charge is 2.25. The lowest BCUT2D eigenvalue weighted by Gasteiger charge is -2.18. The van der Waals surface area contributed by atoms with Gasteiger partial charge in [-0.3, -0.25) is 0 Å². The van der Waals surface area contributed by atoms with Crippen molar-refractivity contribution in [2.45, 2.75) is 12.8 Å². The van der Waals surface area contributed by atoms with Crippen molar-refractivity contribution in [3.05, 3.63) is 109 Å². The van der Waals surface area contributed by atoms with Gasteiger partial charge < -0.3 is 23.3 Å². The summed E-state index contributed by atoms with van der Waals surface area (Å²) in [6.45, 7) is 5.63. The van der Waals surface area contributed by atoms with Gasteiger partial charge in [-0.05, 0) is 37.6 Å². The van der Waals surface area contributed by atoms with Crippen molar-refractivity contribution in [3.8, 4) is 11.5 Å². The lowest BCUT2D eigenvalue weighted by atomic mass is 10.3. The molecule has 0 saturated carbocycles. The Morgan fingerprint density at radius 3 is 1.26 bits per heavy atom. The molecular formula is C32H36O5P2. The summed E-state index contributed by atoms with van der Waals surface area (Å²) in [6.07, 6.45) is 1.43. The van der Waals surface area contributed by atoms with E-state index < -0.39 is 14.3 Å². The van der Waals surface area contributed by atoms with E-state index >= 15 is 0 Å². The normalized spacial score (nSPS) is 14.2. The highest BCUT2D eigenvalue weighted by atomic mass is 31.2. The molecule has 0 fully saturated rings.